The third kappa shape index (κ3) is 4.00. The number of rotatable bonds is 7. The van der Waals surface area contributed by atoms with Gasteiger partial charge in [0.2, 0.25) is 0 Å². The van der Waals surface area contributed by atoms with E-state index in [1.807, 2.05) is 44.2 Å². The molecule has 33 heavy (non-hydrogen) atoms. The van der Waals surface area contributed by atoms with Crippen molar-refractivity contribution in [2.45, 2.75) is 88.0 Å². The first-order chi connectivity index (χ1) is 15.7. The fraction of sp³-hybridized carbons (Fsp3) is 0.667. The first-order valence-corrected chi connectivity index (χ1v) is 11.3. The molecule has 4 saturated heterocycles. The molecule has 0 bridgehead atoms. The summed E-state index contributed by atoms with van der Waals surface area (Å²) in [6.45, 7) is 7.52. The summed E-state index contributed by atoms with van der Waals surface area (Å²) in [5.74, 6) is -1.97. The first kappa shape index (κ1) is 22.9. The molecule has 0 radical (unpaired) electrons. The quantitative estimate of drug-likeness (QED) is 0.343. The molecule has 180 valence electrons. The third-order valence-corrected chi connectivity index (χ3v) is 6.73. The number of carbonyl (C=O) groups is 2. The molecule has 0 aliphatic carbocycles. The van der Waals surface area contributed by atoms with E-state index in [1.54, 1.807) is 13.8 Å². The Morgan fingerprint density at radius 1 is 1.06 bits per heavy atom. The highest BCUT2D eigenvalue weighted by atomic mass is 16.8. The van der Waals surface area contributed by atoms with E-state index in [9.17, 15) is 9.59 Å². The van der Waals surface area contributed by atoms with Crippen molar-refractivity contribution in [3.63, 3.8) is 0 Å². The third-order valence-electron chi connectivity index (χ3n) is 6.73. The molecule has 1 aromatic rings. The summed E-state index contributed by atoms with van der Waals surface area (Å²) in [6, 6.07) is 8.51. The average molecular weight is 462 g/mol. The summed E-state index contributed by atoms with van der Waals surface area (Å²) in [5, 5.41) is 0. The molecule has 9 heteroatoms. The molecular formula is C24H31NO8. The van der Waals surface area contributed by atoms with E-state index >= 15 is 0 Å². The van der Waals surface area contributed by atoms with Crippen LogP contribution in [-0.2, 0) is 38.0 Å². The van der Waals surface area contributed by atoms with Crippen molar-refractivity contribution in [2.24, 2.45) is 0 Å². The van der Waals surface area contributed by atoms with Gasteiger partial charge in [-0.05, 0) is 33.3 Å². The first-order valence-electron chi connectivity index (χ1n) is 11.3. The Kier molecular flexibility index (Phi) is 5.63. The fourth-order valence-corrected chi connectivity index (χ4v) is 5.26. The van der Waals surface area contributed by atoms with E-state index in [1.165, 1.54) is 12.0 Å². The molecule has 0 aromatic heterocycles. The Morgan fingerprint density at radius 3 is 2.39 bits per heavy atom. The summed E-state index contributed by atoms with van der Waals surface area (Å²) in [6.07, 6.45) is -2.09. The minimum absolute atomic E-state index is 0.155. The second-order valence-corrected chi connectivity index (χ2v) is 9.88. The zero-order valence-corrected chi connectivity index (χ0v) is 19.5. The summed E-state index contributed by atoms with van der Waals surface area (Å²) in [7, 11) is 1.50. The molecule has 5 rings (SSSR count). The van der Waals surface area contributed by atoms with Crippen molar-refractivity contribution in [2.75, 3.05) is 13.7 Å². The number of β-lactam (4-membered cyclic amide) rings is 1. The second-order valence-electron chi connectivity index (χ2n) is 9.88. The van der Waals surface area contributed by atoms with Gasteiger partial charge in [-0.3, -0.25) is 4.79 Å². The Morgan fingerprint density at radius 2 is 1.79 bits per heavy atom. The highest BCUT2D eigenvalue weighted by molar-refractivity contribution is 5.91. The molecule has 4 heterocycles. The zero-order chi connectivity index (χ0) is 23.5. The molecular weight excluding hydrogens is 430 g/mol. The minimum Gasteiger partial charge on any atom is -0.369 e. The van der Waals surface area contributed by atoms with Crippen LogP contribution in [0.15, 0.2) is 30.3 Å². The van der Waals surface area contributed by atoms with Crippen molar-refractivity contribution in [1.29, 1.82) is 0 Å². The fourth-order valence-electron chi connectivity index (χ4n) is 5.26. The van der Waals surface area contributed by atoms with Gasteiger partial charge in [0, 0.05) is 7.11 Å². The topological polar surface area (TPSA) is 96.1 Å². The number of methoxy groups -OCH3 is 1. The summed E-state index contributed by atoms with van der Waals surface area (Å²) in [4.78, 5) is 27.0. The number of hydrogen-bond acceptors (Lipinski definition) is 8. The highest BCUT2D eigenvalue weighted by Crippen LogP contribution is 2.48. The Balaban J connectivity index is 1.39. The van der Waals surface area contributed by atoms with Crippen LogP contribution in [0.2, 0.25) is 0 Å². The number of aldehydes is 1. The van der Waals surface area contributed by atoms with Gasteiger partial charge in [-0.15, -0.1) is 0 Å². The molecule has 1 aromatic carbocycles. The molecule has 9 nitrogen and oxygen atoms in total. The zero-order valence-electron chi connectivity index (χ0n) is 19.5. The van der Waals surface area contributed by atoms with Crippen LogP contribution < -0.4 is 0 Å². The number of likely N-dealkylation sites (tertiary alicyclic amines) is 1. The van der Waals surface area contributed by atoms with Crippen molar-refractivity contribution >= 4 is 12.2 Å². The van der Waals surface area contributed by atoms with Gasteiger partial charge in [-0.25, -0.2) is 0 Å². The number of nitrogens with zero attached hydrogens (tertiary/aromatic N) is 1. The van der Waals surface area contributed by atoms with Gasteiger partial charge in [0.15, 0.2) is 17.7 Å². The SMILES string of the molecule is CO[C@H]1C(=O)N([C@@H](C=O)[C@H]2OC(C)(C)O[C@@H]2[C@H]2COC(C)(C)O2)[C@H]1[C@@H]1O[C@@H]1c1ccccc1. The van der Waals surface area contributed by atoms with Gasteiger partial charge >= 0.3 is 0 Å². The van der Waals surface area contributed by atoms with Gasteiger partial charge in [-0.2, -0.15) is 0 Å². The predicted octanol–water partition coefficient (Wildman–Crippen LogP) is 1.59. The molecule has 0 spiro atoms. The van der Waals surface area contributed by atoms with E-state index < -0.39 is 48.1 Å². The van der Waals surface area contributed by atoms with E-state index in [2.05, 4.69) is 0 Å². The van der Waals surface area contributed by atoms with E-state index in [-0.39, 0.29) is 18.1 Å². The highest BCUT2D eigenvalue weighted by Gasteiger charge is 2.65. The average Bonchev–Trinajstić information content (AvgIpc) is 3.37. The van der Waals surface area contributed by atoms with Crippen LogP contribution in [0.5, 0.6) is 0 Å². The lowest BCUT2D eigenvalue weighted by molar-refractivity contribution is -0.188. The van der Waals surface area contributed by atoms with Crippen LogP contribution >= 0.6 is 0 Å². The Bertz CT molecular complexity index is 905. The van der Waals surface area contributed by atoms with Crippen LogP contribution in [-0.4, -0.2) is 85.0 Å². The number of ether oxygens (including phenoxy) is 6. The van der Waals surface area contributed by atoms with Gasteiger partial charge in [0.25, 0.3) is 5.91 Å². The van der Waals surface area contributed by atoms with Crippen LogP contribution in [0.4, 0.5) is 0 Å². The van der Waals surface area contributed by atoms with Crippen molar-refractivity contribution in [1.82, 2.24) is 4.90 Å². The van der Waals surface area contributed by atoms with E-state index in [4.69, 9.17) is 28.4 Å². The lowest BCUT2D eigenvalue weighted by atomic mass is 9.87. The summed E-state index contributed by atoms with van der Waals surface area (Å²) in [5.41, 5.74) is 1.03. The number of epoxide rings is 1. The second kappa shape index (κ2) is 8.11. The smallest absolute Gasteiger partial charge is 0.255 e. The Hall–Kier alpha value is -1.88. The lowest BCUT2D eigenvalue weighted by Gasteiger charge is -2.49. The molecule has 0 N–H and O–H groups in total. The minimum atomic E-state index is -0.945. The normalized spacial score (nSPS) is 39.8. The maximum atomic E-state index is 13.1. The van der Waals surface area contributed by atoms with Crippen LogP contribution in [0.25, 0.3) is 0 Å². The molecule has 0 saturated carbocycles. The van der Waals surface area contributed by atoms with E-state index in [0.717, 1.165) is 11.8 Å². The maximum absolute atomic E-state index is 13.1. The molecule has 1 amide bonds. The predicted molar refractivity (Wildman–Crippen MR) is 114 cm³/mol. The monoisotopic (exact) mass is 461 g/mol. The van der Waals surface area contributed by atoms with Gasteiger partial charge in [0.1, 0.15) is 42.8 Å². The summed E-state index contributed by atoms with van der Waals surface area (Å²) < 4.78 is 35.5. The van der Waals surface area contributed by atoms with Gasteiger partial charge < -0.3 is 38.1 Å². The molecule has 0 unspecified atom stereocenters. The number of amides is 1. The van der Waals surface area contributed by atoms with Gasteiger partial charge in [0.05, 0.1) is 12.6 Å². The number of benzene rings is 1. The molecule has 4 aliphatic rings. The summed E-state index contributed by atoms with van der Waals surface area (Å²) >= 11 is 0. The molecule has 8 atom stereocenters. The number of hydrogen-bond donors (Lipinski definition) is 0. The van der Waals surface area contributed by atoms with Gasteiger partial charge in [-0.1, -0.05) is 30.3 Å². The molecule has 4 aliphatic heterocycles. The number of carbonyl (C=O) groups excluding carboxylic acids is 2. The molecule has 4 fully saturated rings. The lowest BCUT2D eigenvalue weighted by Crippen LogP contribution is -2.73. The van der Waals surface area contributed by atoms with Crippen molar-refractivity contribution < 1.29 is 38.0 Å². The van der Waals surface area contributed by atoms with Crippen LogP contribution in [0.3, 0.4) is 0 Å². The largest absolute Gasteiger partial charge is 0.369 e. The van der Waals surface area contributed by atoms with Crippen molar-refractivity contribution in [3.8, 4) is 0 Å². The Labute approximate surface area is 193 Å². The van der Waals surface area contributed by atoms with Crippen molar-refractivity contribution in [3.05, 3.63) is 35.9 Å². The van der Waals surface area contributed by atoms with E-state index in [0.29, 0.717) is 6.61 Å². The van der Waals surface area contributed by atoms with Crippen LogP contribution in [0.1, 0.15) is 39.4 Å². The van der Waals surface area contributed by atoms with Crippen LogP contribution in [0, 0.1) is 0 Å². The maximum Gasteiger partial charge on any atom is 0.255 e. The standard InChI is InChI=1S/C24H31NO8/c1-23(2)29-12-15(31-23)19-18(32-24(3,4)33-19)14(11-26)25-16(21(28-5)22(25)27)20-17(30-20)13-9-7-6-8-10-13/h6-11,14-21H,12H2,1-5H3/t14-,15+,16-,17+,18+,19+,20-,21+/m0/s1.